The monoisotopic (exact) mass is 236 g/mol. The van der Waals surface area contributed by atoms with Crippen molar-refractivity contribution >= 4 is 5.91 Å². The number of nitrogens with one attached hydrogen (secondary N) is 1. The van der Waals surface area contributed by atoms with E-state index in [2.05, 4.69) is 17.2 Å². The molecule has 1 fully saturated rings. The van der Waals surface area contributed by atoms with E-state index in [4.69, 9.17) is 5.73 Å². The normalized spacial score (nSPS) is 16.8. The first-order valence-electron chi connectivity index (χ1n) is 6.19. The van der Waals surface area contributed by atoms with E-state index in [0.29, 0.717) is 24.2 Å². The van der Waals surface area contributed by atoms with Crippen LogP contribution in [0.4, 0.5) is 0 Å². The molecule has 17 heavy (non-hydrogen) atoms. The third-order valence-electron chi connectivity index (χ3n) is 3.58. The summed E-state index contributed by atoms with van der Waals surface area (Å²) in [4.78, 5) is 15.9. The Hall–Kier alpha value is -1.36. The summed E-state index contributed by atoms with van der Waals surface area (Å²) in [6, 6.07) is 0. The van der Waals surface area contributed by atoms with Gasteiger partial charge >= 0.3 is 0 Å². The van der Waals surface area contributed by atoms with Gasteiger partial charge in [0.15, 0.2) is 0 Å². The molecule has 1 heterocycles. The average molecular weight is 236 g/mol. The lowest BCUT2D eigenvalue weighted by Gasteiger charge is -2.12. The Labute approximate surface area is 101 Å². The molecule has 0 radical (unpaired) electrons. The van der Waals surface area contributed by atoms with Gasteiger partial charge in [0.1, 0.15) is 5.69 Å². The number of nitrogens with two attached hydrogens (primary N) is 1. The molecule has 2 rings (SSSR count). The zero-order chi connectivity index (χ0) is 12.3. The van der Waals surface area contributed by atoms with E-state index in [9.17, 15) is 4.79 Å². The Morgan fingerprint density at radius 1 is 1.65 bits per heavy atom. The number of carbonyl (C=O) groups is 1. The summed E-state index contributed by atoms with van der Waals surface area (Å²) in [5.41, 5.74) is 6.29. The molecule has 0 bridgehead atoms. The van der Waals surface area contributed by atoms with Gasteiger partial charge in [-0.25, -0.2) is 4.98 Å². The number of hydrogen-bond donors (Lipinski definition) is 2. The molecule has 5 heteroatoms. The van der Waals surface area contributed by atoms with Crippen LogP contribution in [0.15, 0.2) is 12.5 Å². The Morgan fingerprint density at radius 2 is 2.41 bits per heavy atom. The number of carbonyl (C=O) groups excluding carboxylic acids is 1. The Bertz CT molecular complexity index is 395. The first-order valence-corrected chi connectivity index (χ1v) is 6.19. The van der Waals surface area contributed by atoms with Gasteiger partial charge < -0.3 is 15.6 Å². The Balaban J connectivity index is 1.86. The topological polar surface area (TPSA) is 72.9 Å². The summed E-state index contributed by atoms with van der Waals surface area (Å²) < 4.78 is 1.83. The first-order chi connectivity index (χ1) is 8.19. The minimum absolute atomic E-state index is 0.0829. The lowest BCUT2D eigenvalue weighted by molar-refractivity contribution is 0.0939. The van der Waals surface area contributed by atoms with Crippen molar-refractivity contribution in [1.82, 2.24) is 14.9 Å². The molecule has 0 aliphatic heterocycles. The van der Waals surface area contributed by atoms with Crippen molar-refractivity contribution in [2.45, 2.75) is 32.7 Å². The van der Waals surface area contributed by atoms with Crippen molar-refractivity contribution in [3.8, 4) is 0 Å². The molecule has 1 aromatic heterocycles. The molecule has 0 unspecified atom stereocenters. The second-order valence-corrected chi connectivity index (χ2v) is 4.82. The quantitative estimate of drug-likeness (QED) is 0.766. The molecule has 0 saturated heterocycles. The molecule has 5 nitrogen and oxygen atoms in total. The number of imidazole rings is 1. The largest absolute Gasteiger partial charge is 0.350 e. The molecular formula is C12H20N4O. The molecule has 94 valence electrons. The third kappa shape index (κ3) is 2.85. The molecule has 3 N–H and O–H groups in total. The van der Waals surface area contributed by atoms with Crippen molar-refractivity contribution in [1.29, 1.82) is 0 Å². The summed E-state index contributed by atoms with van der Waals surface area (Å²) in [6.45, 7) is 4.19. The minimum atomic E-state index is -0.0829. The van der Waals surface area contributed by atoms with Crippen LogP contribution in [-0.4, -0.2) is 28.5 Å². The number of rotatable bonds is 6. The second-order valence-electron chi connectivity index (χ2n) is 4.82. The van der Waals surface area contributed by atoms with Crippen LogP contribution in [0.3, 0.4) is 0 Å². The first kappa shape index (κ1) is 12.1. The maximum Gasteiger partial charge on any atom is 0.271 e. The van der Waals surface area contributed by atoms with Crippen LogP contribution in [-0.2, 0) is 6.54 Å². The van der Waals surface area contributed by atoms with Gasteiger partial charge in [0, 0.05) is 25.8 Å². The lowest BCUT2D eigenvalue weighted by Crippen LogP contribution is -2.30. The van der Waals surface area contributed by atoms with Crippen molar-refractivity contribution in [3.63, 3.8) is 0 Å². The molecule has 0 spiro atoms. The van der Waals surface area contributed by atoms with E-state index in [1.165, 1.54) is 12.8 Å². The molecule has 1 aliphatic rings. The highest BCUT2D eigenvalue weighted by molar-refractivity contribution is 5.92. The highest BCUT2D eigenvalue weighted by atomic mass is 16.1. The van der Waals surface area contributed by atoms with Crippen LogP contribution in [0.25, 0.3) is 0 Å². The third-order valence-corrected chi connectivity index (χ3v) is 3.58. The molecule has 1 aliphatic carbocycles. The molecule has 0 aromatic carbocycles. The standard InChI is InChI=1S/C12H20N4O/c1-2-12(3-4-12)8-14-11(17)10-7-16(6-5-13)9-15-10/h7,9H,2-6,8,13H2,1H3,(H,14,17). The second kappa shape index (κ2) is 4.87. The average Bonchev–Trinajstić information content (AvgIpc) is 2.98. The van der Waals surface area contributed by atoms with Crippen molar-refractivity contribution in [3.05, 3.63) is 18.2 Å². The summed E-state index contributed by atoms with van der Waals surface area (Å²) in [6.07, 6.45) is 6.98. The number of amides is 1. The molecule has 1 amide bonds. The van der Waals surface area contributed by atoms with Gasteiger partial charge in [0.25, 0.3) is 5.91 Å². The smallest absolute Gasteiger partial charge is 0.271 e. The Morgan fingerprint density at radius 3 is 3.00 bits per heavy atom. The predicted molar refractivity (Wildman–Crippen MR) is 65.6 cm³/mol. The van der Waals surface area contributed by atoms with E-state index < -0.39 is 0 Å². The minimum Gasteiger partial charge on any atom is -0.350 e. The summed E-state index contributed by atoms with van der Waals surface area (Å²) >= 11 is 0. The lowest BCUT2D eigenvalue weighted by atomic mass is 10.0. The van der Waals surface area contributed by atoms with E-state index in [0.717, 1.165) is 13.0 Å². The zero-order valence-corrected chi connectivity index (χ0v) is 10.3. The van der Waals surface area contributed by atoms with Gasteiger partial charge in [-0.3, -0.25) is 4.79 Å². The van der Waals surface area contributed by atoms with Crippen LogP contribution < -0.4 is 11.1 Å². The fourth-order valence-corrected chi connectivity index (χ4v) is 1.94. The van der Waals surface area contributed by atoms with E-state index in [1.54, 1.807) is 12.5 Å². The van der Waals surface area contributed by atoms with Gasteiger partial charge in [-0.2, -0.15) is 0 Å². The van der Waals surface area contributed by atoms with Gasteiger partial charge in [-0.1, -0.05) is 6.92 Å². The highest BCUT2D eigenvalue weighted by Gasteiger charge is 2.40. The van der Waals surface area contributed by atoms with Crippen molar-refractivity contribution in [2.24, 2.45) is 11.1 Å². The van der Waals surface area contributed by atoms with Gasteiger partial charge in [-0.05, 0) is 24.7 Å². The van der Waals surface area contributed by atoms with Crippen LogP contribution in [0.5, 0.6) is 0 Å². The van der Waals surface area contributed by atoms with Gasteiger partial charge in [-0.15, -0.1) is 0 Å². The van der Waals surface area contributed by atoms with E-state index in [-0.39, 0.29) is 5.91 Å². The van der Waals surface area contributed by atoms with Crippen LogP contribution >= 0.6 is 0 Å². The van der Waals surface area contributed by atoms with Crippen LogP contribution in [0.1, 0.15) is 36.7 Å². The maximum atomic E-state index is 11.8. The van der Waals surface area contributed by atoms with E-state index in [1.807, 2.05) is 4.57 Å². The van der Waals surface area contributed by atoms with Crippen molar-refractivity contribution < 1.29 is 4.79 Å². The highest BCUT2D eigenvalue weighted by Crippen LogP contribution is 2.47. The molecule has 0 atom stereocenters. The SMILES string of the molecule is CCC1(CNC(=O)c2cn(CCN)cn2)CC1. The number of aromatic nitrogens is 2. The van der Waals surface area contributed by atoms with Gasteiger partial charge in [0.2, 0.25) is 0 Å². The van der Waals surface area contributed by atoms with Crippen LogP contribution in [0.2, 0.25) is 0 Å². The zero-order valence-electron chi connectivity index (χ0n) is 10.3. The van der Waals surface area contributed by atoms with Crippen LogP contribution in [0, 0.1) is 5.41 Å². The molecule has 1 saturated carbocycles. The maximum absolute atomic E-state index is 11.8. The van der Waals surface area contributed by atoms with Gasteiger partial charge in [0.05, 0.1) is 6.33 Å². The fourth-order valence-electron chi connectivity index (χ4n) is 1.94. The number of nitrogens with zero attached hydrogens (tertiary/aromatic N) is 2. The predicted octanol–water partition coefficient (Wildman–Crippen LogP) is 0.762. The molecule has 1 aromatic rings. The summed E-state index contributed by atoms with van der Waals surface area (Å²) in [5, 5.41) is 2.96. The van der Waals surface area contributed by atoms with Crippen molar-refractivity contribution in [2.75, 3.05) is 13.1 Å². The Kier molecular flexibility index (Phi) is 3.47. The summed E-state index contributed by atoms with van der Waals surface area (Å²) in [7, 11) is 0. The number of hydrogen-bond acceptors (Lipinski definition) is 3. The molecular weight excluding hydrogens is 216 g/mol. The van der Waals surface area contributed by atoms with E-state index >= 15 is 0 Å². The fraction of sp³-hybridized carbons (Fsp3) is 0.667. The summed E-state index contributed by atoms with van der Waals surface area (Å²) in [5.74, 6) is -0.0829.